The molecule has 0 radical (unpaired) electrons. The molecule has 3 aliphatic carbocycles. The first-order chi connectivity index (χ1) is 7.72. The van der Waals surface area contributed by atoms with Crippen LogP contribution in [0, 0.1) is 32.1 Å². The van der Waals surface area contributed by atoms with Gasteiger partial charge in [0.2, 0.25) is 11.3 Å². The Morgan fingerprint density at radius 2 is 1.71 bits per heavy atom. The number of alkyl halides is 2. The van der Waals surface area contributed by atoms with Crippen molar-refractivity contribution in [1.29, 1.82) is 0 Å². The molecule has 17 heavy (non-hydrogen) atoms. The molecule has 4 unspecified atom stereocenters. The van der Waals surface area contributed by atoms with Crippen LogP contribution in [0.1, 0.15) is 12.8 Å². The number of halogens is 2. The lowest BCUT2D eigenvalue weighted by Gasteiger charge is -2.26. The van der Waals surface area contributed by atoms with Gasteiger partial charge in [0.15, 0.2) is 3.23 Å². The van der Waals surface area contributed by atoms with Crippen molar-refractivity contribution in [2.75, 3.05) is 0 Å². The molecule has 0 heterocycles. The molecule has 9 heteroatoms. The summed E-state index contributed by atoms with van der Waals surface area (Å²) in [4.78, 5) is 33.2. The predicted molar refractivity (Wildman–Crippen MR) is 61.3 cm³/mol. The van der Waals surface area contributed by atoms with E-state index < -0.39 is 41.8 Å². The van der Waals surface area contributed by atoms with Gasteiger partial charge in [-0.3, -0.25) is 25.0 Å². The lowest BCUT2D eigenvalue weighted by atomic mass is 9.90. The van der Waals surface area contributed by atoms with E-state index in [1.165, 1.54) is 0 Å². The number of nitrogens with zero attached hydrogens (tertiary/aromatic N) is 2. The normalized spacial score (nSPS) is 48.9. The van der Waals surface area contributed by atoms with E-state index in [9.17, 15) is 25.0 Å². The predicted octanol–water partition coefficient (Wildman–Crippen LogP) is 1.13. The van der Waals surface area contributed by atoms with Crippen LogP contribution in [0.25, 0.3) is 0 Å². The lowest BCUT2D eigenvalue weighted by molar-refractivity contribution is -0.572. The zero-order chi connectivity index (χ0) is 12.8. The molecule has 0 bridgehead atoms. The number of ketones is 1. The number of hydrogen-bond acceptors (Lipinski definition) is 5. The van der Waals surface area contributed by atoms with Gasteiger partial charge in [0.25, 0.3) is 5.54 Å². The summed E-state index contributed by atoms with van der Waals surface area (Å²) in [6.45, 7) is 0. The summed E-state index contributed by atoms with van der Waals surface area (Å²) >= 11 is 6.19. The molecule has 0 aromatic rings. The zero-order valence-electron chi connectivity index (χ0n) is 8.26. The third-order valence-electron chi connectivity index (χ3n) is 4.31. The fourth-order valence-corrected chi connectivity index (χ4v) is 5.05. The highest BCUT2D eigenvalue weighted by Crippen LogP contribution is 2.76. The monoisotopic (exact) mass is 368 g/mol. The van der Waals surface area contributed by atoms with Crippen molar-refractivity contribution in [3.05, 3.63) is 20.2 Å². The van der Waals surface area contributed by atoms with E-state index in [1.54, 1.807) is 0 Å². The Morgan fingerprint density at radius 3 is 2.18 bits per heavy atom. The minimum absolute atomic E-state index is 0.0186. The molecule has 0 saturated heterocycles. The van der Waals surface area contributed by atoms with Gasteiger partial charge in [-0.2, -0.15) is 0 Å². The molecule has 0 N–H and O–H groups in total. The number of Topliss-reactive ketones (excluding diaryl/α,β-unsaturated/α-hetero) is 1. The molecule has 3 fully saturated rings. The summed E-state index contributed by atoms with van der Waals surface area (Å²) in [5.41, 5.74) is -3.05. The number of nitro groups is 2. The van der Waals surface area contributed by atoms with Crippen molar-refractivity contribution in [3.63, 3.8) is 0 Å². The lowest BCUT2D eigenvalue weighted by Crippen LogP contribution is -2.54. The highest BCUT2D eigenvalue weighted by Gasteiger charge is 2.97. The first-order valence-electron chi connectivity index (χ1n) is 4.94. The van der Waals surface area contributed by atoms with Crippen molar-refractivity contribution in [2.45, 2.75) is 27.2 Å². The number of rotatable bonds is 2. The van der Waals surface area contributed by atoms with Gasteiger partial charge in [-0.25, -0.2) is 0 Å². The van der Waals surface area contributed by atoms with Crippen LogP contribution in [0.5, 0.6) is 0 Å². The van der Waals surface area contributed by atoms with Gasteiger partial charge in [-0.1, -0.05) is 31.9 Å². The van der Waals surface area contributed by atoms with Gasteiger partial charge in [0.1, 0.15) is 5.92 Å². The Morgan fingerprint density at radius 1 is 1.12 bits per heavy atom. The first-order valence-corrected chi connectivity index (χ1v) is 6.52. The fourth-order valence-electron chi connectivity index (χ4n) is 3.25. The van der Waals surface area contributed by atoms with Gasteiger partial charge < -0.3 is 0 Å². The molecule has 0 aromatic heterocycles. The van der Waals surface area contributed by atoms with Crippen LogP contribution < -0.4 is 0 Å². The van der Waals surface area contributed by atoms with E-state index in [0.29, 0.717) is 0 Å². The molecule has 3 rings (SSSR count). The van der Waals surface area contributed by atoms with E-state index in [2.05, 4.69) is 31.9 Å². The Labute approximate surface area is 111 Å². The third-order valence-corrected chi connectivity index (χ3v) is 6.13. The third kappa shape index (κ3) is 0.975. The molecule has 92 valence electrons. The Balaban J connectivity index is 2.13. The maximum absolute atomic E-state index is 12.1. The van der Waals surface area contributed by atoms with E-state index in [-0.39, 0.29) is 12.8 Å². The standard InChI is InChI=1S/C8H6Br2N2O5/c9-8(10)4-2-6(4,11(14)15)3-1-7(3,5(8)13)12(16)17/h3-4H,1-2H2. The van der Waals surface area contributed by atoms with E-state index in [1.807, 2.05) is 0 Å². The van der Waals surface area contributed by atoms with Crippen LogP contribution >= 0.6 is 31.9 Å². The summed E-state index contributed by atoms with van der Waals surface area (Å²) in [7, 11) is 0. The average molecular weight is 370 g/mol. The van der Waals surface area contributed by atoms with Crippen LogP contribution in [-0.4, -0.2) is 29.9 Å². The van der Waals surface area contributed by atoms with Crippen LogP contribution in [0.2, 0.25) is 0 Å². The molecular formula is C8H6Br2N2O5. The number of hydrogen-bond donors (Lipinski definition) is 0. The molecule has 0 aliphatic heterocycles. The SMILES string of the molecule is O=C1C(Br)(Br)C2CC2([N+](=O)[O-])C2CC12[N+](=O)[O-]. The van der Waals surface area contributed by atoms with Gasteiger partial charge in [-0.05, 0) is 0 Å². The second-order valence-corrected chi connectivity index (χ2v) is 8.46. The minimum atomic E-state index is -1.76. The number of carbonyl (C=O) groups is 1. The van der Waals surface area contributed by atoms with E-state index in [0.717, 1.165) is 0 Å². The topological polar surface area (TPSA) is 103 Å². The molecule has 0 spiro atoms. The average Bonchev–Trinajstić information content (AvgIpc) is 3.06. The largest absolute Gasteiger partial charge is 0.292 e. The first kappa shape index (κ1) is 11.5. The van der Waals surface area contributed by atoms with Crippen molar-refractivity contribution in [2.24, 2.45) is 11.8 Å². The van der Waals surface area contributed by atoms with Crippen molar-refractivity contribution < 1.29 is 14.6 Å². The Hall–Kier alpha value is -0.570. The van der Waals surface area contributed by atoms with E-state index >= 15 is 0 Å². The van der Waals surface area contributed by atoms with Gasteiger partial charge in [0.05, 0.1) is 5.92 Å². The molecule has 0 amide bonds. The summed E-state index contributed by atoms with van der Waals surface area (Å²) in [5.74, 6) is -1.83. The van der Waals surface area contributed by atoms with Gasteiger partial charge in [-0.15, -0.1) is 0 Å². The van der Waals surface area contributed by atoms with Crippen LogP contribution in [0.3, 0.4) is 0 Å². The highest BCUT2D eigenvalue weighted by atomic mass is 79.9. The summed E-state index contributed by atoms with van der Waals surface area (Å²) < 4.78 is -1.33. The summed E-state index contributed by atoms with van der Waals surface area (Å²) in [6.07, 6.45) is 0.192. The van der Waals surface area contributed by atoms with Crippen molar-refractivity contribution in [1.82, 2.24) is 0 Å². The van der Waals surface area contributed by atoms with Crippen LogP contribution in [-0.2, 0) is 4.79 Å². The van der Waals surface area contributed by atoms with Crippen LogP contribution in [0.4, 0.5) is 0 Å². The van der Waals surface area contributed by atoms with Crippen LogP contribution in [0.15, 0.2) is 0 Å². The Kier molecular flexibility index (Phi) is 1.84. The van der Waals surface area contributed by atoms with Gasteiger partial charge in [0, 0.05) is 22.7 Å². The quantitative estimate of drug-likeness (QED) is 0.412. The second-order valence-electron chi connectivity index (χ2n) is 4.90. The zero-order valence-corrected chi connectivity index (χ0v) is 11.4. The highest BCUT2D eigenvalue weighted by molar-refractivity contribution is 9.26. The maximum Gasteiger partial charge on any atom is 0.292 e. The second kappa shape index (κ2) is 2.71. The molecular weight excluding hydrogens is 364 g/mol. The van der Waals surface area contributed by atoms with E-state index in [4.69, 9.17) is 0 Å². The van der Waals surface area contributed by atoms with Crippen molar-refractivity contribution >= 4 is 37.6 Å². The minimum Gasteiger partial charge on any atom is -0.289 e. The molecule has 4 atom stereocenters. The number of carbonyl (C=O) groups excluding carboxylic acids is 1. The Bertz CT molecular complexity index is 494. The fraction of sp³-hybridized carbons (Fsp3) is 0.875. The number of fused-ring (bicyclic) bond motifs is 3. The molecule has 0 aromatic carbocycles. The maximum atomic E-state index is 12.1. The molecule has 3 aliphatic rings. The van der Waals surface area contributed by atoms with Gasteiger partial charge >= 0.3 is 0 Å². The molecule has 3 saturated carbocycles. The summed E-state index contributed by atoms with van der Waals surface area (Å²) in [6, 6.07) is 0. The summed E-state index contributed by atoms with van der Waals surface area (Å²) in [5, 5.41) is 22.2. The molecule has 7 nitrogen and oxygen atoms in total. The smallest absolute Gasteiger partial charge is 0.289 e. The van der Waals surface area contributed by atoms with Crippen molar-refractivity contribution in [3.8, 4) is 0 Å².